The first-order valence-electron chi connectivity index (χ1n) is 8.13. The molecule has 140 valence electrons. The zero-order valence-electron chi connectivity index (χ0n) is 15.3. The van der Waals surface area contributed by atoms with Crippen LogP contribution in [0.5, 0.6) is 5.75 Å². The van der Waals surface area contributed by atoms with Crippen molar-refractivity contribution in [1.29, 1.82) is 0 Å². The molecule has 0 heterocycles. The molecule has 0 aliphatic heterocycles. The highest BCUT2D eigenvalue weighted by Crippen LogP contribution is 2.17. The van der Waals surface area contributed by atoms with Crippen molar-refractivity contribution in [1.82, 2.24) is 4.72 Å². The molecule has 7 heteroatoms. The van der Waals surface area contributed by atoms with E-state index in [2.05, 4.69) is 9.46 Å². The summed E-state index contributed by atoms with van der Waals surface area (Å²) in [6.07, 6.45) is 0. The molecular weight excluding hydrogens is 354 g/mol. The third kappa shape index (κ3) is 5.06. The average molecular weight is 377 g/mol. The highest BCUT2D eigenvalue weighted by Gasteiger charge is 2.19. The molecule has 1 atom stereocenters. The van der Waals surface area contributed by atoms with E-state index in [0.29, 0.717) is 5.75 Å². The molecule has 0 aliphatic rings. The van der Waals surface area contributed by atoms with Crippen molar-refractivity contribution >= 4 is 16.0 Å². The fraction of sp³-hybridized carbons (Fsp3) is 0.316. The Bertz CT molecular complexity index is 893. The van der Waals surface area contributed by atoms with E-state index in [-0.39, 0.29) is 17.1 Å². The first-order chi connectivity index (χ1) is 12.2. The summed E-state index contributed by atoms with van der Waals surface area (Å²) < 4.78 is 37.8. The smallest absolute Gasteiger partial charge is 0.337 e. The summed E-state index contributed by atoms with van der Waals surface area (Å²) in [7, 11) is -2.54. The fourth-order valence-corrected chi connectivity index (χ4v) is 3.57. The summed E-state index contributed by atoms with van der Waals surface area (Å²) >= 11 is 0. The standard InChI is InChI=1S/C19H23NO5S/c1-13-8-9-17(10-14(13)2)25-12-15(3)20-26(22,23)18-7-5-6-16(11-18)19(21)24-4/h5-11,15,20H,12H2,1-4H3/t15-/m0/s1. The summed E-state index contributed by atoms with van der Waals surface area (Å²) in [4.78, 5) is 11.6. The van der Waals surface area contributed by atoms with Crippen LogP contribution in [0.15, 0.2) is 47.4 Å². The number of carbonyl (C=O) groups excluding carboxylic acids is 1. The van der Waals surface area contributed by atoms with E-state index in [1.807, 2.05) is 32.0 Å². The summed E-state index contributed by atoms with van der Waals surface area (Å²) in [5.74, 6) is 0.0972. The quantitative estimate of drug-likeness (QED) is 0.751. The second kappa shape index (κ2) is 8.33. The van der Waals surface area contributed by atoms with Crippen LogP contribution in [0.1, 0.15) is 28.4 Å². The Morgan fingerprint density at radius 1 is 1.12 bits per heavy atom. The Morgan fingerprint density at radius 3 is 2.50 bits per heavy atom. The molecule has 2 rings (SSSR count). The highest BCUT2D eigenvalue weighted by atomic mass is 32.2. The van der Waals surface area contributed by atoms with Crippen LogP contribution in [-0.4, -0.2) is 34.1 Å². The highest BCUT2D eigenvalue weighted by molar-refractivity contribution is 7.89. The maximum absolute atomic E-state index is 12.5. The Balaban J connectivity index is 2.04. The molecule has 0 radical (unpaired) electrons. The maximum atomic E-state index is 12.5. The monoisotopic (exact) mass is 377 g/mol. The lowest BCUT2D eigenvalue weighted by atomic mass is 10.1. The van der Waals surface area contributed by atoms with Gasteiger partial charge in [-0.1, -0.05) is 12.1 Å². The van der Waals surface area contributed by atoms with Gasteiger partial charge in [0.05, 0.1) is 23.6 Å². The molecule has 0 amide bonds. The van der Waals surface area contributed by atoms with Crippen LogP contribution in [0.4, 0.5) is 0 Å². The number of sulfonamides is 1. The van der Waals surface area contributed by atoms with Crippen LogP contribution >= 0.6 is 0 Å². The van der Waals surface area contributed by atoms with Crippen molar-refractivity contribution in [2.45, 2.75) is 31.7 Å². The van der Waals surface area contributed by atoms with Gasteiger partial charge in [-0.3, -0.25) is 0 Å². The van der Waals surface area contributed by atoms with Crippen LogP contribution in [0.25, 0.3) is 0 Å². The van der Waals surface area contributed by atoms with Gasteiger partial charge in [0, 0.05) is 0 Å². The number of ether oxygens (including phenoxy) is 2. The van der Waals surface area contributed by atoms with Gasteiger partial charge in [0.25, 0.3) is 0 Å². The lowest BCUT2D eigenvalue weighted by Gasteiger charge is -2.16. The molecule has 2 aromatic carbocycles. The van der Waals surface area contributed by atoms with E-state index in [9.17, 15) is 13.2 Å². The van der Waals surface area contributed by atoms with Crippen molar-refractivity contribution in [3.05, 3.63) is 59.2 Å². The molecule has 0 aliphatic carbocycles. The molecule has 1 N–H and O–H groups in total. The van der Waals surface area contributed by atoms with Gasteiger partial charge < -0.3 is 9.47 Å². The van der Waals surface area contributed by atoms with Crippen LogP contribution < -0.4 is 9.46 Å². The first kappa shape index (κ1) is 19.9. The third-order valence-corrected chi connectivity index (χ3v) is 5.49. The minimum absolute atomic E-state index is 0.00145. The van der Waals surface area contributed by atoms with Crippen LogP contribution in [0, 0.1) is 13.8 Å². The lowest BCUT2D eigenvalue weighted by Crippen LogP contribution is -2.36. The van der Waals surface area contributed by atoms with E-state index in [4.69, 9.17) is 4.74 Å². The number of methoxy groups -OCH3 is 1. The van der Waals surface area contributed by atoms with Gasteiger partial charge in [-0.15, -0.1) is 0 Å². The van der Waals surface area contributed by atoms with Crippen molar-refractivity contribution in [3.63, 3.8) is 0 Å². The van der Waals surface area contributed by atoms with E-state index >= 15 is 0 Å². The predicted molar refractivity (Wildman–Crippen MR) is 99.0 cm³/mol. The van der Waals surface area contributed by atoms with E-state index < -0.39 is 22.0 Å². The summed E-state index contributed by atoms with van der Waals surface area (Å²) in [5.41, 5.74) is 2.45. The van der Waals surface area contributed by atoms with Crippen molar-refractivity contribution in [3.8, 4) is 5.75 Å². The number of hydrogen-bond acceptors (Lipinski definition) is 5. The van der Waals surface area contributed by atoms with E-state index in [1.165, 1.54) is 31.4 Å². The molecule has 6 nitrogen and oxygen atoms in total. The average Bonchev–Trinajstić information content (AvgIpc) is 2.61. The van der Waals surface area contributed by atoms with Crippen molar-refractivity contribution in [2.24, 2.45) is 0 Å². The van der Waals surface area contributed by atoms with Gasteiger partial charge in [0.2, 0.25) is 10.0 Å². The number of esters is 1. The lowest BCUT2D eigenvalue weighted by molar-refractivity contribution is 0.0600. The maximum Gasteiger partial charge on any atom is 0.337 e. The van der Waals surface area contributed by atoms with Gasteiger partial charge in [-0.2, -0.15) is 0 Å². The van der Waals surface area contributed by atoms with Crippen molar-refractivity contribution < 1.29 is 22.7 Å². The topological polar surface area (TPSA) is 81.7 Å². The third-order valence-electron chi connectivity index (χ3n) is 3.90. The molecule has 0 unspecified atom stereocenters. The number of rotatable bonds is 7. The van der Waals surface area contributed by atoms with Crippen LogP contribution in [-0.2, 0) is 14.8 Å². The van der Waals surface area contributed by atoms with Crippen LogP contribution in [0.2, 0.25) is 0 Å². The minimum Gasteiger partial charge on any atom is -0.492 e. The molecule has 0 saturated carbocycles. The molecule has 0 saturated heterocycles. The minimum atomic E-state index is -3.78. The molecule has 0 fully saturated rings. The summed E-state index contributed by atoms with van der Waals surface area (Å²) in [6.45, 7) is 5.89. The predicted octanol–water partition coefficient (Wildman–Crippen LogP) is 2.84. The Morgan fingerprint density at radius 2 is 1.85 bits per heavy atom. The molecule has 0 aromatic heterocycles. The normalized spacial score (nSPS) is 12.5. The zero-order valence-corrected chi connectivity index (χ0v) is 16.1. The van der Waals surface area contributed by atoms with Gasteiger partial charge in [0.15, 0.2) is 0 Å². The van der Waals surface area contributed by atoms with Crippen molar-refractivity contribution in [2.75, 3.05) is 13.7 Å². The number of carbonyl (C=O) groups is 1. The SMILES string of the molecule is COC(=O)c1cccc(S(=O)(=O)N[C@@H](C)COc2ccc(C)c(C)c2)c1. The Kier molecular flexibility index (Phi) is 6.39. The second-order valence-corrected chi connectivity index (χ2v) is 7.81. The van der Waals surface area contributed by atoms with Gasteiger partial charge >= 0.3 is 5.97 Å². The second-order valence-electron chi connectivity index (χ2n) is 6.10. The molecule has 2 aromatic rings. The molecule has 0 bridgehead atoms. The summed E-state index contributed by atoms with van der Waals surface area (Å²) in [6, 6.07) is 11.0. The summed E-state index contributed by atoms with van der Waals surface area (Å²) in [5, 5.41) is 0. The number of benzene rings is 2. The van der Waals surface area contributed by atoms with Gasteiger partial charge in [-0.05, 0) is 62.2 Å². The largest absolute Gasteiger partial charge is 0.492 e. The zero-order chi connectivity index (χ0) is 19.3. The molecule has 26 heavy (non-hydrogen) atoms. The fourth-order valence-electron chi connectivity index (χ4n) is 2.30. The first-order valence-corrected chi connectivity index (χ1v) is 9.62. The molecule has 0 spiro atoms. The van der Waals surface area contributed by atoms with Crippen LogP contribution in [0.3, 0.4) is 0 Å². The van der Waals surface area contributed by atoms with Gasteiger partial charge in [0.1, 0.15) is 12.4 Å². The number of aryl methyl sites for hydroxylation is 2. The van der Waals surface area contributed by atoms with E-state index in [1.54, 1.807) is 6.92 Å². The van der Waals surface area contributed by atoms with Gasteiger partial charge in [-0.25, -0.2) is 17.9 Å². The number of hydrogen-bond donors (Lipinski definition) is 1. The molecular formula is C19H23NO5S. The van der Waals surface area contributed by atoms with E-state index in [0.717, 1.165) is 11.1 Å². The Labute approximate surface area is 154 Å². The number of nitrogens with one attached hydrogen (secondary N) is 1. The Hall–Kier alpha value is -2.38.